The van der Waals surface area contributed by atoms with Gasteiger partial charge < -0.3 is 4.57 Å². The molecule has 0 bridgehead atoms. The molecule has 40 heavy (non-hydrogen) atoms. The third-order valence-electron chi connectivity index (χ3n) is 7.86. The molecular formula is C35H20N4S. The first kappa shape index (κ1) is 21.8. The van der Waals surface area contributed by atoms with Gasteiger partial charge in [0.2, 0.25) is 0 Å². The normalized spacial score (nSPS) is 12.0. The minimum Gasteiger partial charge on any atom is -0.306 e. The van der Waals surface area contributed by atoms with E-state index in [1.165, 1.54) is 25.7 Å². The minimum absolute atomic E-state index is 0.904. The van der Waals surface area contributed by atoms with E-state index < -0.39 is 0 Å². The quantitative estimate of drug-likeness (QED) is 0.210. The van der Waals surface area contributed by atoms with Crippen LogP contribution in [0.1, 0.15) is 0 Å². The van der Waals surface area contributed by atoms with Gasteiger partial charge in [0, 0.05) is 54.3 Å². The predicted molar refractivity (Wildman–Crippen MR) is 168 cm³/mol. The van der Waals surface area contributed by atoms with Crippen LogP contribution in [0.25, 0.3) is 80.9 Å². The van der Waals surface area contributed by atoms with Crippen molar-refractivity contribution in [2.45, 2.75) is 0 Å². The lowest BCUT2D eigenvalue weighted by molar-refractivity contribution is 1.20. The molecule has 5 heteroatoms. The number of fused-ring (bicyclic) bond motifs is 10. The van der Waals surface area contributed by atoms with Gasteiger partial charge >= 0.3 is 0 Å². The van der Waals surface area contributed by atoms with E-state index in [9.17, 15) is 0 Å². The fourth-order valence-corrected chi connectivity index (χ4v) is 7.24. The van der Waals surface area contributed by atoms with Crippen LogP contribution in [0.2, 0.25) is 0 Å². The summed E-state index contributed by atoms with van der Waals surface area (Å²) in [6.07, 6.45) is 3.69. The predicted octanol–water partition coefficient (Wildman–Crippen LogP) is 9.31. The van der Waals surface area contributed by atoms with Gasteiger partial charge in [0.15, 0.2) is 0 Å². The number of benzene rings is 4. The van der Waals surface area contributed by atoms with Crippen LogP contribution in [0.15, 0.2) is 122 Å². The van der Waals surface area contributed by atoms with Crippen LogP contribution in [-0.4, -0.2) is 19.5 Å². The number of thiophene rings is 1. The summed E-state index contributed by atoms with van der Waals surface area (Å²) in [5.74, 6) is 0. The van der Waals surface area contributed by atoms with Crippen molar-refractivity contribution in [2.75, 3.05) is 0 Å². The molecule has 9 aromatic rings. The van der Waals surface area contributed by atoms with Crippen LogP contribution in [0, 0.1) is 0 Å². The molecule has 0 saturated carbocycles. The molecule has 0 spiro atoms. The zero-order chi connectivity index (χ0) is 26.2. The Morgan fingerprint density at radius 1 is 0.575 bits per heavy atom. The highest BCUT2D eigenvalue weighted by Gasteiger charge is 2.21. The van der Waals surface area contributed by atoms with Crippen LogP contribution in [0.5, 0.6) is 0 Å². The lowest BCUT2D eigenvalue weighted by Gasteiger charge is -2.14. The second-order valence-corrected chi connectivity index (χ2v) is 11.2. The van der Waals surface area contributed by atoms with Gasteiger partial charge in [-0.25, -0.2) is 4.98 Å². The van der Waals surface area contributed by atoms with Gasteiger partial charge in [-0.1, -0.05) is 54.6 Å². The highest BCUT2D eigenvalue weighted by atomic mass is 32.1. The first-order valence-corrected chi connectivity index (χ1v) is 14.1. The van der Waals surface area contributed by atoms with Crippen molar-refractivity contribution >= 4 is 75.3 Å². The Hall–Kier alpha value is -5.13. The van der Waals surface area contributed by atoms with E-state index >= 15 is 0 Å². The van der Waals surface area contributed by atoms with Crippen molar-refractivity contribution in [1.29, 1.82) is 0 Å². The van der Waals surface area contributed by atoms with Gasteiger partial charge in [-0.3, -0.25) is 9.97 Å². The molecule has 5 heterocycles. The van der Waals surface area contributed by atoms with Crippen molar-refractivity contribution in [2.24, 2.45) is 0 Å². The number of hydrogen-bond acceptors (Lipinski definition) is 4. The second kappa shape index (κ2) is 8.18. The molecule has 0 radical (unpaired) electrons. The Labute approximate surface area is 232 Å². The van der Waals surface area contributed by atoms with E-state index in [4.69, 9.17) is 15.0 Å². The molecule has 0 aliphatic heterocycles. The first-order chi connectivity index (χ1) is 19.8. The fourth-order valence-electron chi connectivity index (χ4n) is 6.14. The maximum atomic E-state index is 5.29. The first-order valence-electron chi connectivity index (χ1n) is 13.3. The second-order valence-electron chi connectivity index (χ2n) is 10.1. The minimum atomic E-state index is 0.904. The average molecular weight is 529 g/mol. The maximum Gasteiger partial charge on any atom is 0.0985 e. The average Bonchev–Trinajstić information content (AvgIpc) is 3.56. The van der Waals surface area contributed by atoms with Crippen LogP contribution < -0.4 is 0 Å². The Morgan fingerprint density at radius 2 is 1.38 bits per heavy atom. The highest BCUT2D eigenvalue weighted by molar-refractivity contribution is 7.26. The topological polar surface area (TPSA) is 43.6 Å². The van der Waals surface area contributed by atoms with Crippen molar-refractivity contribution in [3.63, 3.8) is 0 Å². The summed E-state index contributed by atoms with van der Waals surface area (Å²) >= 11 is 1.84. The van der Waals surface area contributed by atoms with E-state index in [0.29, 0.717) is 0 Å². The lowest BCUT2D eigenvalue weighted by Crippen LogP contribution is -1.98. The number of nitrogens with zero attached hydrogens (tertiary/aromatic N) is 4. The number of pyridine rings is 3. The Kier molecular flexibility index (Phi) is 4.45. The zero-order valence-corrected chi connectivity index (χ0v) is 22.1. The highest BCUT2D eigenvalue weighted by Crippen LogP contribution is 2.44. The zero-order valence-electron chi connectivity index (χ0n) is 21.2. The van der Waals surface area contributed by atoms with Gasteiger partial charge in [0.05, 0.1) is 39.0 Å². The summed E-state index contributed by atoms with van der Waals surface area (Å²) in [4.78, 5) is 14.8. The Balaban J connectivity index is 1.52. The number of hydrogen-bond donors (Lipinski definition) is 0. The molecule has 4 aromatic carbocycles. The summed E-state index contributed by atoms with van der Waals surface area (Å²) in [5.41, 5.74) is 8.23. The third-order valence-corrected chi connectivity index (χ3v) is 9.00. The smallest absolute Gasteiger partial charge is 0.0985 e. The van der Waals surface area contributed by atoms with Crippen LogP contribution in [0.3, 0.4) is 0 Å². The summed E-state index contributed by atoms with van der Waals surface area (Å²) in [5, 5.41) is 5.81. The van der Waals surface area contributed by atoms with E-state index in [1.54, 1.807) is 0 Å². The van der Waals surface area contributed by atoms with Crippen molar-refractivity contribution in [3.05, 3.63) is 122 Å². The molecule has 0 fully saturated rings. The monoisotopic (exact) mass is 528 g/mol. The lowest BCUT2D eigenvalue weighted by atomic mass is 10.1. The summed E-state index contributed by atoms with van der Waals surface area (Å²) < 4.78 is 4.96. The summed E-state index contributed by atoms with van der Waals surface area (Å²) in [6, 6.07) is 38.5. The van der Waals surface area contributed by atoms with Gasteiger partial charge in [-0.05, 0) is 54.6 Å². The van der Waals surface area contributed by atoms with Crippen molar-refractivity contribution < 1.29 is 0 Å². The fraction of sp³-hybridized carbons (Fsp3) is 0. The number of rotatable bonds is 2. The molecule has 5 aromatic heterocycles. The van der Waals surface area contributed by atoms with Crippen LogP contribution >= 0.6 is 11.3 Å². The maximum absolute atomic E-state index is 5.29. The molecule has 186 valence electrons. The van der Waals surface area contributed by atoms with E-state index in [-0.39, 0.29) is 0 Å². The van der Waals surface area contributed by atoms with Crippen LogP contribution in [-0.2, 0) is 0 Å². The molecular weight excluding hydrogens is 508 g/mol. The van der Waals surface area contributed by atoms with E-state index in [2.05, 4.69) is 95.6 Å². The van der Waals surface area contributed by atoms with Gasteiger partial charge in [-0.15, -0.1) is 11.3 Å². The van der Waals surface area contributed by atoms with E-state index in [0.717, 1.165) is 55.2 Å². The molecule has 9 rings (SSSR count). The Bertz CT molecular complexity index is 2440. The van der Waals surface area contributed by atoms with Gasteiger partial charge in [-0.2, -0.15) is 0 Å². The van der Waals surface area contributed by atoms with Crippen LogP contribution in [0.4, 0.5) is 0 Å². The van der Waals surface area contributed by atoms with Gasteiger partial charge in [0.25, 0.3) is 0 Å². The summed E-state index contributed by atoms with van der Waals surface area (Å²) in [7, 11) is 0. The largest absolute Gasteiger partial charge is 0.306 e. The number of aromatic nitrogens is 4. The molecule has 0 aliphatic carbocycles. The molecule has 0 N–H and O–H groups in total. The SMILES string of the molecule is c1ccc(-c2ccc3c(n2)c2ccc4sc5ccccc5c4c2n3-c2cc3cccnc3c3ncccc23)cc1. The third kappa shape index (κ3) is 2.98. The molecule has 4 nitrogen and oxygen atoms in total. The molecule has 0 unspecified atom stereocenters. The van der Waals surface area contributed by atoms with Gasteiger partial charge in [0.1, 0.15) is 0 Å². The standard InChI is InChI=1S/C35H20N4S/c1-2-8-21(9-3-1)26-15-16-27-33(38-26)25-14-17-30-31(24-11-4-5-13-29(24)40-30)35(25)39(27)28-20-22-10-6-18-36-32(22)34-23(28)12-7-19-37-34/h1-20H. The van der Waals surface area contributed by atoms with Crippen molar-refractivity contribution in [1.82, 2.24) is 19.5 Å². The molecule has 0 aliphatic rings. The summed E-state index contributed by atoms with van der Waals surface area (Å²) in [6.45, 7) is 0. The Morgan fingerprint density at radius 3 is 2.30 bits per heavy atom. The molecule has 0 saturated heterocycles. The molecule has 0 atom stereocenters. The molecule has 0 amide bonds. The van der Waals surface area contributed by atoms with E-state index in [1.807, 2.05) is 41.9 Å². The van der Waals surface area contributed by atoms with Crippen molar-refractivity contribution in [3.8, 4) is 16.9 Å².